The largest absolute Gasteiger partial charge is 0.361 e. The van der Waals surface area contributed by atoms with E-state index in [0.717, 1.165) is 31.7 Å². The number of thiophene rings is 1. The Bertz CT molecular complexity index is 850. The Kier molecular flexibility index (Phi) is 4.73. The van der Waals surface area contributed by atoms with Crippen LogP contribution in [-0.2, 0) is 16.1 Å². The molecule has 3 aliphatic rings. The monoisotopic (exact) mass is 397 g/mol. The number of nitrogens with zero attached hydrogens (tertiary/aromatic N) is 3. The third-order valence-electron chi connectivity index (χ3n) is 6.27. The van der Waals surface area contributed by atoms with Gasteiger partial charge in [-0.25, -0.2) is 0 Å². The van der Waals surface area contributed by atoms with E-state index in [9.17, 15) is 4.79 Å². The summed E-state index contributed by atoms with van der Waals surface area (Å²) in [5.41, 5.74) is 0.330. The fourth-order valence-corrected chi connectivity index (χ4v) is 5.63. The summed E-state index contributed by atoms with van der Waals surface area (Å²) in [7, 11) is 0. The maximum Gasteiger partial charge on any atom is 0.256 e. The molecule has 0 bridgehead atoms. The van der Waals surface area contributed by atoms with Gasteiger partial charge in [-0.15, -0.1) is 11.3 Å². The molecule has 2 aromatic heterocycles. The maximum absolute atomic E-state index is 13.7. The van der Waals surface area contributed by atoms with Crippen molar-refractivity contribution in [1.29, 1.82) is 0 Å². The van der Waals surface area contributed by atoms with Gasteiger partial charge in [0.05, 0.1) is 6.61 Å². The highest BCUT2D eigenvalue weighted by Gasteiger charge is 2.57. The standard InChI is InChI=1S/C22H27N3O2S/c1-16-4-7-19(28-16)13-24-14-20(18-3-2-8-23-11-18)22(15-24)21(26)25(9-10-27-22)12-17-5-6-17/h2-4,7-8,11,17,20H,5-6,9-10,12-15H2,1H3/t20-,22+/m0/s1. The summed E-state index contributed by atoms with van der Waals surface area (Å²) in [5.74, 6) is 0.906. The summed E-state index contributed by atoms with van der Waals surface area (Å²) in [6.45, 7) is 6.74. The third kappa shape index (κ3) is 3.38. The van der Waals surface area contributed by atoms with Crippen LogP contribution < -0.4 is 0 Å². The van der Waals surface area contributed by atoms with Crippen LogP contribution in [0.5, 0.6) is 0 Å². The predicted octanol–water partition coefficient (Wildman–Crippen LogP) is 3.06. The van der Waals surface area contributed by atoms with Gasteiger partial charge >= 0.3 is 0 Å². The molecule has 2 aromatic rings. The van der Waals surface area contributed by atoms with Crippen LogP contribution in [0.2, 0.25) is 0 Å². The van der Waals surface area contributed by atoms with Gasteiger partial charge in [-0.3, -0.25) is 14.7 Å². The first-order chi connectivity index (χ1) is 13.6. The number of pyridine rings is 1. The van der Waals surface area contributed by atoms with Crippen LogP contribution in [0, 0.1) is 12.8 Å². The number of rotatable bonds is 5. The van der Waals surface area contributed by atoms with Crippen molar-refractivity contribution in [3.63, 3.8) is 0 Å². The molecule has 2 atom stereocenters. The summed E-state index contributed by atoms with van der Waals surface area (Å²) < 4.78 is 6.35. The molecule has 5 nitrogen and oxygen atoms in total. The molecule has 0 radical (unpaired) electrons. The van der Waals surface area contributed by atoms with E-state index in [1.165, 1.54) is 22.6 Å². The molecule has 2 saturated heterocycles. The zero-order valence-corrected chi connectivity index (χ0v) is 17.2. The molecule has 1 aliphatic carbocycles. The van der Waals surface area contributed by atoms with Gasteiger partial charge in [-0.05, 0) is 49.4 Å². The zero-order valence-electron chi connectivity index (χ0n) is 16.3. The average Bonchev–Trinajstić information content (AvgIpc) is 3.32. The van der Waals surface area contributed by atoms with Gasteiger partial charge in [0.25, 0.3) is 5.91 Å². The van der Waals surface area contributed by atoms with Gasteiger partial charge < -0.3 is 9.64 Å². The highest BCUT2D eigenvalue weighted by molar-refractivity contribution is 7.11. The van der Waals surface area contributed by atoms with Crippen molar-refractivity contribution in [1.82, 2.24) is 14.8 Å². The van der Waals surface area contributed by atoms with E-state index in [1.807, 2.05) is 23.6 Å². The van der Waals surface area contributed by atoms with Crippen molar-refractivity contribution in [2.45, 2.75) is 37.8 Å². The fourth-order valence-electron chi connectivity index (χ4n) is 4.70. The van der Waals surface area contributed by atoms with Crippen LogP contribution in [-0.4, -0.2) is 59.1 Å². The minimum atomic E-state index is -0.775. The van der Waals surface area contributed by atoms with Crippen LogP contribution in [0.1, 0.15) is 34.1 Å². The van der Waals surface area contributed by atoms with Gasteiger partial charge in [0.15, 0.2) is 5.60 Å². The zero-order chi connectivity index (χ0) is 19.1. The molecular weight excluding hydrogens is 370 g/mol. The van der Waals surface area contributed by atoms with Crippen LogP contribution in [0.4, 0.5) is 0 Å². The molecule has 28 heavy (non-hydrogen) atoms. The Labute approximate surface area is 170 Å². The van der Waals surface area contributed by atoms with E-state index in [4.69, 9.17) is 4.74 Å². The topological polar surface area (TPSA) is 45.7 Å². The third-order valence-corrected chi connectivity index (χ3v) is 7.26. The Morgan fingerprint density at radius 3 is 2.93 bits per heavy atom. The summed E-state index contributed by atoms with van der Waals surface area (Å²) in [4.78, 5) is 25.1. The van der Waals surface area contributed by atoms with E-state index >= 15 is 0 Å². The minimum Gasteiger partial charge on any atom is -0.361 e. The smallest absolute Gasteiger partial charge is 0.256 e. The van der Waals surface area contributed by atoms with Crippen LogP contribution in [0.3, 0.4) is 0 Å². The van der Waals surface area contributed by atoms with Crippen LogP contribution in [0.25, 0.3) is 0 Å². The number of amides is 1. The maximum atomic E-state index is 13.7. The van der Waals surface area contributed by atoms with E-state index in [0.29, 0.717) is 19.1 Å². The van der Waals surface area contributed by atoms with Crippen molar-refractivity contribution >= 4 is 17.2 Å². The first kappa shape index (κ1) is 18.3. The molecular formula is C22H27N3O2S. The molecule has 1 saturated carbocycles. The number of carbonyl (C=O) groups excluding carboxylic acids is 1. The normalized spacial score (nSPS) is 28.4. The Morgan fingerprint density at radius 2 is 2.21 bits per heavy atom. The molecule has 148 valence electrons. The molecule has 6 heteroatoms. The molecule has 5 rings (SSSR count). The molecule has 2 aliphatic heterocycles. The van der Waals surface area contributed by atoms with Crippen molar-refractivity contribution in [3.8, 4) is 0 Å². The fraction of sp³-hybridized carbons (Fsp3) is 0.545. The first-order valence-electron chi connectivity index (χ1n) is 10.2. The molecule has 0 aromatic carbocycles. The summed E-state index contributed by atoms with van der Waals surface area (Å²) >= 11 is 1.83. The number of likely N-dealkylation sites (tertiary alicyclic amines) is 1. The number of aryl methyl sites for hydroxylation is 1. The quantitative estimate of drug-likeness (QED) is 0.778. The number of hydrogen-bond donors (Lipinski definition) is 0. The van der Waals surface area contributed by atoms with Crippen LogP contribution >= 0.6 is 11.3 Å². The lowest BCUT2D eigenvalue weighted by Gasteiger charge is -2.42. The number of hydrogen-bond acceptors (Lipinski definition) is 5. The lowest BCUT2D eigenvalue weighted by molar-refractivity contribution is -0.172. The number of aromatic nitrogens is 1. The number of carbonyl (C=O) groups is 1. The highest BCUT2D eigenvalue weighted by Crippen LogP contribution is 2.43. The number of morpholine rings is 1. The predicted molar refractivity (Wildman–Crippen MR) is 109 cm³/mol. The molecule has 1 amide bonds. The van der Waals surface area contributed by atoms with Gasteiger partial charge in [0.1, 0.15) is 0 Å². The second-order valence-electron chi connectivity index (χ2n) is 8.45. The van der Waals surface area contributed by atoms with Gasteiger partial charge in [0, 0.05) is 60.8 Å². The molecule has 3 fully saturated rings. The van der Waals surface area contributed by atoms with Crippen molar-refractivity contribution in [2.24, 2.45) is 5.92 Å². The second kappa shape index (κ2) is 7.25. The van der Waals surface area contributed by atoms with Crippen molar-refractivity contribution in [3.05, 3.63) is 52.0 Å². The van der Waals surface area contributed by atoms with Gasteiger partial charge in [-0.1, -0.05) is 6.07 Å². The molecule has 4 heterocycles. The van der Waals surface area contributed by atoms with E-state index in [-0.39, 0.29) is 11.8 Å². The van der Waals surface area contributed by atoms with Crippen molar-refractivity contribution in [2.75, 3.05) is 32.8 Å². The summed E-state index contributed by atoms with van der Waals surface area (Å²) in [6.07, 6.45) is 6.21. The average molecular weight is 398 g/mol. The SMILES string of the molecule is Cc1ccc(CN2C[C@@H](c3cccnc3)[C@@]3(C2)OCCN(CC2CC2)C3=O)s1. The van der Waals surface area contributed by atoms with E-state index in [2.05, 4.69) is 39.9 Å². The Morgan fingerprint density at radius 1 is 1.32 bits per heavy atom. The van der Waals surface area contributed by atoms with E-state index in [1.54, 1.807) is 6.20 Å². The number of ether oxygens (including phenoxy) is 1. The molecule has 1 spiro atoms. The van der Waals surface area contributed by atoms with E-state index < -0.39 is 5.60 Å². The lowest BCUT2D eigenvalue weighted by Crippen LogP contribution is -2.60. The molecule has 0 unspecified atom stereocenters. The second-order valence-corrected chi connectivity index (χ2v) is 9.83. The minimum absolute atomic E-state index is 0.0248. The molecule has 0 N–H and O–H groups in total. The Hall–Kier alpha value is -1.76. The lowest BCUT2D eigenvalue weighted by atomic mass is 9.83. The van der Waals surface area contributed by atoms with Gasteiger partial charge in [0.2, 0.25) is 0 Å². The summed E-state index contributed by atoms with van der Waals surface area (Å²) in [6, 6.07) is 8.43. The van der Waals surface area contributed by atoms with Gasteiger partial charge in [-0.2, -0.15) is 0 Å². The van der Waals surface area contributed by atoms with Crippen LogP contribution in [0.15, 0.2) is 36.7 Å². The van der Waals surface area contributed by atoms with Crippen molar-refractivity contribution < 1.29 is 9.53 Å². The highest BCUT2D eigenvalue weighted by atomic mass is 32.1. The Balaban J connectivity index is 1.44. The first-order valence-corrected chi connectivity index (χ1v) is 11.1. The summed E-state index contributed by atoms with van der Waals surface area (Å²) in [5, 5.41) is 0.